The van der Waals surface area contributed by atoms with Gasteiger partial charge in [0.1, 0.15) is 23.4 Å². The van der Waals surface area contributed by atoms with Gasteiger partial charge in [-0.15, -0.1) is 0 Å². The first-order valence-corrected chi connectivity index (χ1v) is 7.07. The number of nitriles is 1. The van der Waals surface area contributed by atoms with Gasteiger partial charge in [0.25, 0.3) is 0 Å². The summed E-state index contributed by atoms with van der Waals surface area (Å²) >= 11 is 5.88. The van der Waals surface area contributed by atoms with Crippen molar-refractivity contribution in [3.8, 4) is 17.4 Å². The normalized spacial score (nSPS) is 10.2. The monoisotopic (exact) mass is 309 g/mol. The molecule has 0 saturated carbocycles. The Balaban J connectivity index is 1.66. The maximum Gasteiger partial charge on any atom is 0.134 e. The highest BCUT2D eigenvalue weighted by Gasteiger charge is 2.05. The summed E-state index contributed by atoms with van der Waals surface area (Å²) in [7, 11) is 0. The molecule has 0 saturated heterocycles. The van der Waals surface area contributed by atoms with Gasteiger partial charge >= 0.3 is 0 Å². The highest BCUT2D eigenvalue weighted by Crippen LogP contribution is 2.24. The van der Waals surface area contributed by atoms with Crippen LogP contribution in [0, 0.1) is 11.3 Å². The van der Waals surface area contributed by atoms with E-state index in [1.54, 1.807) is 12.1 Å². The van der Waals surface area contributed by atoms with Gasteiger partial charge in [0, 0.05) is 16.8 Å². The lowest BCUT2D eigenvalue weighted by Gasteiger charge is -2.03. The predicted molar refractivity (Wildman–Crippen MR) is 85.4 cm³/mol. The van der Waals surface area contributed by atoms with Gasteiger partial charge in [-0.25, -0.2) is 4.98 Å². The second-order valence-electron chi connectivity index (χ2n) is 4.67. The zero-order valence-corrected chi connectivity index (χ0v) is 12.3. The van der Waals surface area contributed by atoms with Gasteiger partial charge in [-0.2, -0.15) is 5.26 Å². The lowest BCUT2D eigenvalue weighted by molar-refractivity contribution is 0.531. The van der Waals surface area contributed by atoms with Crippen LogP contribution >= 0.6 is 11.6 Å². The molecule has 2 heterocycles. The molecule has 2 aromatic heterocycles. The Bertz CT molecular complexity index is 801. The number of halogens is 1. The summed E-state index contributed by atoms with van der Waals surface area (Å²) in [6.45, 7) is 0.520. The largest absolute Gasteiger partial charge is 0.459 e. The highest BCUT2D eigenvalue weighted by atomic mass is 35.5. The van der Waals surface area contributed by atoms with Crippen molar-refractivity contribution in [3.63, 3.8) is 0 Å². The molecule has 108 valence electrons. The maximum absolute atomic E-state index is 8.73. The molecule has 0 fully saturated rings. The van der Waals surface area contributed by atoms with E-state index in [1.165, 1.54) is 6.20 Å². The summed E-state index contributed by atoms with van der Waals surface area (Å²) in [6, 6.07) is 16.9. The standard InChI is InChI=1S/C17H12ClN3O/c18-14-4-2-13(3-5-14)16-7-6-15(22-16)11-21-17-8-1-12(9-19)10-20-17/h1-8,10H,11H2,(H,20,21). The first kappa shape index (κ1) is 14.2. The fraction of sp³-hybridized carbons (Fsp3) is 0.0588. The molecule has 1 N–H and O–H groups in total. The smallest absolute Gasteiger partial charge is 0.134 e. The number of rotatable bonds is 4. The van der Waals surface area contributed by atoms with E-state index in [9.17, 15) is 0 Å². The number of hydrogen-bond donors (Lipinski definition) is 1. The molecule has 0 aliphatic carbocycles. The van der Waals surface area contributed by atoms with Crippen LogP contribution in [0.3, 0.4) is 0 Å². The molecule has 3 aromatic rings. The molecule has 0 unspecified atom stereocenters. The number of nitrogens with zero attached hydrogens (tertiary/aromatic N) is 2. The van der Waals surface area contributed by atoms with Crippen molar-refractivity contribution in [2.45, 2.75) is 6.54 Å². The highest BCUT2D eigenvalue weighted by molar-refractivity contribution is 6.30. The molecule has 0 amide bonds. The van der Waals surface area contributed by atoms with Gasteiger partial charge in [-0.1, -0.05) is 11.6 Å². The van der Waals surface area contributed by atoms with E-state index in [2.05, 4.69) is 10.3 Å². The second kappa shape index (κ2) is 6.33. The second-order valence-corrected chi connectivity index (χ2v) is 5.11. The van der Waals surface area contributed by atoms with Crippen LogP contribution in [0.15, 0.2) is 59.1 Å². The molecule has 1 aromatic carbocycles. The van der Waals surface area contributed by atoms with Crippen molar-refractivity contribution >= 4 is 17.4 Å². The summed E-state index contributed by atoms with van der Waals surface area (Å²) in [6.07, 6.45) is 1.53. The summed E-state index contributed by atoms with van der Waals surface area (Å²) < 4.78 is 5.79. The Labute approximate surface area is 133 Å². The van der Waals surface area contributed by atoms with Gasteiger partial charge in [-0.3, -0.25) is 0 Å². The molecule has 0 radical (unpaired) electrons. The molecule has 0 aliphatic heterocycles. The molecule has 4 nitrogen and oxygen atoms in total. The molecule has 0 spiro atoms. The van der Waals surface area contributed by atoms with Gasteiger partial charge in [-0.05, 0) is 48.5 Å². The molecular weight excluding hydrogens is 298 g/mol. The van der Waals surface area contributed by atoms with Crippen LogP contribution in [0.5, 0.6) is 0 Å². The SMILES string of the molecule is N#Cc1ccc(NCc2ccc(-c3ccc(Cl)cc3)o2)nc1. The summed E-state index contributed by atoms with van der Waals surface area (Å²) in [5, 5.41) is 12.6. The summed E-state index contributed by atoms with van der Waals surface area (Å²) in [4.78, 5) is 4.15. The molecule has 0 atom stereocenters. The molecule has 0 bridgehead atoms. The van der Waals surface area contributed by atoms with E-state index < -0.39 is 0 Å². The van der Waals surface area contributed by atoms with Crippen LogP contribution in [0.2, 0.25) is 5.02 Å². The van der Waals surface area contributed by atoms with E-state index in [1.807, 2.05) is 42.5 Å². The fourth-order valence-corrected chi connectivity index (χ4v) is 2.11. The van der Waals surface area contributed by atoms with Gasteiger partial charge in [0.05, 0.1) is 12.1 Å². The minimum Gasteiger partial charge on any atom is -0.459 e. The van der Waals surface area contributed by atoms with E-state index in [4.69, 9.17) is 21.3 Å². The minimum atomic E-state index is 0.520. The number of hydrogen-bond acceptors (Lipinski definition) is 4. The number of benzene rings is 1. The molecule has 3 rings (SSSR count). The predicted octanol–water partition coefficient (Wildman–Crippen LogP) is 4.48. The van der Waals surface area contributed by atoms with Crippen molar-refractivity contribution in [1.82, 2.24) is 4.98 Å². The van der Waals surface area contributed by atoms with E-state index >= 15 is 0 Å². The average molecular weight is 310 g/mol. The molecular formula is C17H12ClN3O. The third-order valence-electron chi connectivity index (χ3n) is 3.13. The third-order valence-corrected chi connectivity index (χ3v) is 3.38. The van der Waals surface area contributed by atoms with Gasteiger partial charge < -0.3 is 9.73 Å². The lowest BCUT2D eigenvalue weighted by atomic mass is 10.2. The quantitative estimate of drug-likeness (QED) is 0.772. The van der Waals surface area contributed by atoms with Crippen molar-refractivity contribution in [2.24, 2.45) is 0 Å². The zero-order valence-electron chi connectivity index (χ0n) is 11.6. The maximum atomic E-state index is 8.73. The van der Waals surface area contributed by atoms with E-state index in [0.29, 0.717) is 22.9 Å². The van der Waals surface area contributed by atoms with Crippen molar-refractivity contribution in [3.05, 3.63) is 71.1 Å². The topological polar surface area (TPSA) is 61.9 Å². The van der Waals surface area contributed by atoms with Crippen LogP contribution < -0.4 is 5.32 Å². The fourth-order valence-electron chi connectivity index (χ4n) is 1.98. The van der Waals surface area contributed by atoms with E-state index in [0.717, 1.165) is 17.1 Å². The number of pyridine rings is 1. The number of nitrogens with one attached hydrogen (secondary N) is 1. The van der Waals surface area contributed by atoms with Crippen LogP contribution in [0.4, 0.5) is 5.82 Å². The number of anilines is 1. The zero-order chi connectivity index (χ0) is 15.4. The Morgan fingerprint density at radius 3 is 2.59 bits per heavy atom. The first-order chi connectivity index (χ1) is 10.7. The van der Waals surface area contributed by atoms with Crippen LogP contribution in [-0.2, 0) is 6.54 Å². The summed E-state index contributed by atoms with van der Waals surface area (Å²) in [5.41, 5.74) is 1.51. The minimum absolute atomic E-state index is 0.520. The average Bonchev–Trinajstić information content (AvgIpc) is 3.03. The van der Waals surface area contributed by atoms with E-state index in [-0.39, 0.29) is 0 Å². The van der Waals surface area contributed by atoms with Crippen LogP contribution in [-0.4, -0.2) is 4.98 Å². The van der Waals surface area contributed by atoms with Gasteiger partial charge in [0.2, 0.25) is 0 Å². The lowest BCUT2D eigenvalue weighted by Crippen LogP contribution is -2.00. The number of furan rings is 1. The van der Waals surface area contributed by atoms with Crippen LogP contribution in [0.1, 0.15) is 11.3 Å². The van der Waals surface area contributed by atoms with Crippen LogP contribution in [0.25, 0.3) is 11.3 Å². The Morgan fingerprint density at radius 1 is 1.09 bits per heavy atom. The van der Waals surface area contributed by atoms with Gasteiger partial charge in [0.15, 0.2) is 0 Å². The molecule has 22 heavy (non-hydrogen) atoms. The first-order valence-electron chi connectivity index (χ1n) is 6.69. The van der Waals surface area contributed by atoms with Crippen molar-refractivity contribution in [2.75, 3.05) is 5.32 Å². The third kappa shape index (κ3) is 3.27. The van der Waals surface area contributed by atoms with Crippen molar-refractivity contribution < 1.29 is 4.42 Å². The Kier molecular flexibility index (Phi) is 4.08. The molecule has 0 aliphatic rings. The number of aromatic nitrogens is 1. The Hall–Kier alpha value is -2.77. The summed E-state index contributed by atoms with van der Waals surface area (Å²) in [5.74, 6) is 2.29. The Morgan fingerprint density at radius 2 is 1.91 bits per heavy atom. The van der Waals surface area contributed by atoms with Crippen molar-refractivity contribution in [1.29, 1.82) is 5.26 Å². The molecule has 5 heteroatoms.